The number of nitrogens with two attached hydrogens (primary N) is 1. The van der Waals surface area contributed by atoms with Gasteiger partial charge in [0, 0.05) is 0 Å². The van der Waals surface area contributed by atoms with E-state index in [9.17, 15) is 25.2 Å². The Morgan fingerprint density at radius 3 is 2.05 bits per heavy atom. The van der Waals surface area contributed by atoms with Crippen molar-refractivity contribution in [1.82, 2.24) is 15.0 Å². The molecule has 0 aliphatic carbocycles. The number of quaternary nitrogens is 1. The molecule has 0 amide bonds. The van der Waals surface area contributed by atoms with Crippen LogP contribution in [0.15, 0.2) is 18.2 Å². The van der Waals surface area contributed by atoms with Crippen molar-refractivity contribution in [2.45, 2.75) is 6.67 Å². The predicted molar refractivity (Wildman–Crippen MR) is 73.5 cm³/mol. The van der Waals surface area contributed by atoms with Gasteiger partial charge in [0.2, 0.25) is 0 Å². The molecule has 1 aromatic heterocycles. The summed E-state index contributed by atoms with van der Waals surface area (Å²) < 4.78 is 61.9. The van der Waals surface area contributed by atoms with Crippen LogP contribution in [0.3, 0.4) is 0 Å². The van der Waals surface area contributed by atoms with Crippen molar-refractivity contribution in [2.24, 2.45) is 0 Å². The van der Waals surface area contributed by atoms with Gasteiger partial charge in [-0.2, -0.15) is 4.68 Å². The van der Waals surface area contributed by atoms with Crippen LogP contribution in [0.4, 0.5) is 30.9 Å². The van der Waals surface area contributed by atoms with E-state index in [1.54, 1.807) is 0 Å². The molecule has 0 radical (unpaired) electrons. The maximum absolute atomic E-state index is 10.7. The maximum atomic E-state index is 9.87. The van der Waals surface area contributed by atoms with E-state index in [0.717, 1.165) is 22.2 Å². The van der Waals surface area contributed by atoms with E-state index in [4.69, 9.17) is 5.73 Å². The molecule has 0 atom stereocenters. The van der Waals surface area contributed by atoms with Crippen LogP contribution in [0, 0.1) is 0 Å². The van der Waals surface area contributed by atoms with Gasteiger partial charge in [-0.1, -0.05) is 11.3 Å². The zero-order valence-corrected chi connectivity index (χ0v) is 12.9. The molecule has 2 aromatic rings. The Bertz CT molecular complexity index is 661. The SMILES string of the molecule is C[N+](C)(C)Cn1nnc2c(N)cccc21.F[P-](F)(F)(F)(F)F. The summed E-state index contributed by atoms with van der Waals surface area (Å²) in [5.74, 6) is 0. The molecule has 0 unspecified atom stereocenters. The number of halogens is 6. The van der Waals surface area contributed by atoms with Gasteiger partial charge < -0.3 is 10.2 Å². The summed E-state index contributed by atoms with van der Waals surface area (Å²) in [6.45, 7) is 0.778. The van der Waals surface area contributed by atoms with Crippen molar-refractivity contribution >= 4 is 24.5 Å². The summed E-state index contributed by atoms with van der Waals surface area (Å²) in [6.07, 6.45) is 0. The second-order valence-electron chi connectivity index (χ2n) is 5.69. The second kappa shape index (κ2) is 4.69. The quantitative estimate of drug-likeness (QED) is 0.384. The molecule has 0 saturated carbocycles. The van der Waals surface area contributed by atoms with E-state index < -0.39 is 7.81 Å². The topological polar surface area (TPSA) is 56.7 Å². The van der Waals surface area contributed by atoms with Crippen molar-refractivity contribution in [3.05, 3.63) is 18.2 Å². The third kappa shape index (κ3) is 7.99. The Morgan fingerprint density at radius 2 is 1.59 bits per heavy atom. The third-order valence-electron chi connectivity index (χ3n) is 2.13. The number of benzene rings is 1. The van der Waals surface area contributed by atoms with Crippen molar-refractivity contribution < 1.29 is 29.7 Å². The third-order valence-corrected chi connectivity index (χ3v) is 2.13. The predicted octanol–water partition coefficient (Wildman–Crippen LogP) is 4.06. The molecule has 12 heteroatoms. The van der Waals surface area contributed by atoms with Crippen LogP contribution < -0.4 is 5.73 Å². The van der Waals surface area contributed by atoms with Gasteiger partial charge in [0.25, 0.3) is 0 Å². The molecule has 2 rings (SSSR count). The van der Waals surface area contributed by atoms with Crippen molar-refractivity contribution in [1.29, 1.82) is 0 Å². The number of rotatable bonds is 2. The molecule has 0 bridgehead atoms. The van der Waals surface area contributed by atoms with Crippen LogP contribution in [-0.2, 0) is 6.67 Å². The minimum atomic E-state index is -10.7. The number of nitrogen functional groups attached to an aromatic ring is 1. The van der Waals surface area contributed by atoms with Crippen LogP contribution >= 0.6 is 7.81 Å². The monoisotopic (exact) mass is 351 g/mol. The average molecular weight is 351 g/mol. The van der Waals surface area contributed by atoms with E-state index in [1.165, 1.54) is 0 Å². The van der Waals surface area contributed by atoms with Crippen molar-refractivity contribution in [2.75, 3.05) is 26.9 Å². The molecule has 22 heavy (non-hydrogen) atoms. The molecule has 5 nitrogen and oxygen atoms in total. The number of anilines is 1. The van der Waals surface area contributed by atoms with Crippen molar-refractivity contribution in [3.63, 3.8) is 0 Å². The Hall–Kier alpha value is -1.61. The number of fused-ring (bicyclic) bond motifs is 1. The molecule has 0 aliphatic rings. The van der Waals surface area contributed by atoms with Crippen LogP contribution in [-0.4, -0.2) is 40.6 Å². The summed E-state index contributed by atoms with van der Waals surface area (Å²) >= 11 is 0. The van der Waals surface area contributed by atoms with Crippen molar-refractivity contribution in [3.8, 4) is 0 Å². The first kappa shape index (κ1) is 18.4. The molecule has 0 aliphatic heterocycles. The number of nitrogens with zero attached hydrogens (tertiary/aromatic N) is 4. The van der Waals surface area contributed by atoms with Gasteiger partial charge in [0.15, 0.2) is 6.67 Å². The van der Waals surface area contributed by atoms with Crippen LogP contribution in [0.25, 0.3) is 11.0 Å². The summed E-state index contributed by atoms with van der Waals surface area (Å²) in [6, 6.07) is 5.75. The zero-order chi connectivity index (χ0) is 17.5. The minimum absolute atomic E-state index is 0.681. The molecule has 2 N–H and O–H groups in total. The van der Waals surface area contributed by atoms with Gasteiger partial charge in [-0.25, -0.2) is 0 Å². The first-order valence-electron chi connectivity index (χ1n) is 5.87. The molecule has 0 spiro atoms. The van der Waals surface area contributed by atoms with Gasteiger partial charge in [-0.3, -0.25) is 0 Å². The van der Waals surface area contributed by atoms with Crippen LogP contribution in [0.1, 0.15) is 0 Å². The van der Waals surface area contributed by atoms with Crippen LogP contribution in [0.5, 0.6) is 0 Å². The first-order valence-corrected chi connectivity index (χ1v) is 7.90. The average Bonchev–Trinajstić information content (AvgIpc) is 2.56. The van der Waals surface area contributed by atoms with E-state index in [2.05, 4.69) is 31.5 Å². The molecule has 1 heterocycles. The molecule has 0 saturated heterocycles. The molecule has 0 fully saturated rings. The Morgan fingerprint density at radius 1 is 1.09 bits per heavy atom. The summed E-state index contributed by atoms with van der Waals surface area (Å²) in [5.41, 5.74) is 8.27. The molecule has 128 valence electrons. The summed E-state index contributed by atoms with van der Waals surface area (Å²) in [5, 5.41) is 8.19. The fraction of sp³-hybridized carbons (Fsp3) is 0.400. The fourth-order valence-electron chi connectivity index (χ4n) is 1.52. The van der Waals surface area contributed by atoms with Gasteiger partial charge in [-0.05, 0) is 12.1 Å². The Kier molecular flexibility index (Phi) is 3.93. The number of hydrogen-bond donors (Lipinski definition) is 1. The van der Waals surface area contributed by atoms with E-state index in [0.29, 0.717) is 5.69 Å². The molecular weight excluding hydrogens is 335 g/mol. The van der Waals surface area contributed by atoms with E-state index in [1.807, 2.05) is 22.9 Å². The molecular formula is C10H16F6N5P. The summed E-state index contributed by atoms with van der Waals surface area (Å²) in [4.78, 5) is 0. The number of aromatic nitrogens is 3. The zero-order valence-electron chi connectivity index (χ0n) is 12.0. The van der Waals surface area contributed by atoms with Crippen LogP contribution in [0.2, 0.25) is 0 Å². The Labute approximate surface area is 122 Å². The van der Waals surface area contributed by atoms with Gasteiger partial charge in [-0.15, -0.1) is 5.10 Å². The van der Waals surface area contributed by atoms with Gasteiger partial charge >= 0.3 is 33.0 Å². The van der Waals surface area contributed by atoms with Gasteiger partial charge in [0.1, 0.15) is 5.52 Å². The van der Waals surface area contributed by atoms with E-state index >= 15 is 0 Å². The summed E-state index contributed by atoms with van der Waals surface area (Å²) in [7, 11) is -4.32. The fourth-order valence-corrected chi connectivity index (χ4v) is 1.52. The second-order valence-corrected chi connectivity index (χ2v) is 7.61. The molecule has 1 aromatic carbocycles. The normalized spacial score (nSPS) is 15.7. The first-order chi connectivity index (χ1) is 9.42. The Balaban J connectivity index is 0.000000295. The number of hydrogen-bond acceptors (Lipinski definition) is 3. The van der Waals surface area contributed by atoms with E-state index in [-0.39, 0.29) is 0 Å². The standard InChI is InChI=1S/C10H16N5.F6P/c1-15(2,3)7-14-9-6-4-5-8(11)10(9)12-13-14;1-7(2,3,4,5)6/h4-6H,7,11H2,1-3H3;/q+1;-1. The van der Waals surface area contributed by atoms with Gasteiger partial charge in [0.05, 0.1) is 32.3 Å².